The zero-order valence-electron chi connectivity index (χ0n) is 26.3. The molecule has 2 heterocycles. The van der Waals surface area contributed by atoms with Crippen molar-refractivity contribution >= 4 is 36.4 Å². The van der Waals surface area contributed by atoms with Gasteiger partial charge in [0.2, 0.25) is 6.71 Å². The van der Waals surface area contributed by atoms with Crippen molar-refractivity contribution in [1.29, 1.82) is 0 Å². The van der Waals surface area contributed by atoms with Crippen LogP contribution in [0.2, 0.25) is 0 Å². The fraction of sp³-hybridized carbons (Fsp3) is 0.243. The molecule has 0 saturated carbocycles. The molecule has 41 heavy (non-hydrogen) atoms. The Labute approximate surface area is 247 Å². The standard InChI is InChI=1S/C37H40B2N2/c1-21-16-24(4)35(27(7)32(21)30-12-10-14-40-19-30)39(37-26(6)18-23(3)34(38)29(37)9)36-25(5)17-22(2)33(28(36)8)31-13-11-15-41-20-31/h10-20H,38H2,1-9H3. The van der Waals surface area contributed by atoms with Crippen LogP contribution in [0.25, 0.3) is 22.3 Å². The molecule has 0 atom stereocenters. The third kappa shape index (κ3) is 4.95. The van der Waals surface area contributed by atoms with Crippen molar-refractivity contribution in [2.75, 3.05) is 0 Å². The lowest BCUT2D eigenvalue weighted by Crippen LogP contribution is -2.58. The summed E-state index contributed by atoms with van der Waals surface area (Å²) in [6.45, 7) is 20.6. The molecule has 0 bridgehead atoms. The van der Waals surface area contributed by atoms with Gasteiger partial charge in [-0.15, -0.1) is 0 Å². The molecular weight excluding hydrogens is 494 g/mol. The van der Waals surface area contributed by atoms with Gasteiger partial charge in [0.1, 0.15) is 7.85 Å². The normalized spacial score (nSPS) is 11.1. The van der Waals surface area contributed by atoms with E-state index in [2.05, 4.69) is 110 Å². The zero-order valence-corrected chi connectivity index (χ0v) is 26.3. The third-order valence-electron chi connectivity index (χ3n) is 9.24. The van der Waals surface area contributed by atoms with E-state index in [0.29, 0.717) is 0 Å². The number of benzene rings is 3. The minimum Gasteiger partial charge on any atom is -0.264 e. The van der Waals surface area contributed by atoms with E-state index in [9.17, 15) is 0 Å². The number of hydrogen-bond acceptors (Lipinski definition) is 2. The molecule has 0 aliphatic heterocycles. The SMILES string of the molecule is Bc1c(C)cc(C)c(B(c2c(C)cc(C)c(-c3cccnc3)c2C)c2c(C)cc(C)c(-c3cccnc3)c2C)c1C. The Morgan fingerprint density at radius 3 is 1.29 bits per heavy atom. The molecule has 0 fully saturated rings. The highest BCUT2D eigenvalue weighted by Gasteiger charge is 2.33. The molecule has 204 valence electrons. The highest BCUT2D eigenvalue weighted by atomic mass is 14.6. The number of rotatable bonds is 5. The van der Waals surface area contributed by atoms with E-state index >= 15 is 0 Å². The maximum atomic E-state index is 4.48. The number of aryl methyl sites for hydroxylation is 6. The van der Waals surface area contributed by atoms with Gasteiger partial charge in [0.05, 0.1) is 0 Å². The van der Waals surface area contributed by atoms with E-state index in [1.807, 2.05) is 36.9 Å². The largest absolute Gasteiger partial charge is 0.264 e. The Kier molecular flexibility index (Phi) is 7.79. The molecule has 0 saturated heterocycles. The van der Waals surface area contributed by atoms with Gasteiger partial charge < -0.3 is 0 Å². The highest BCUT2D eigenvalue weighted by Crippen LogP contribution is 2.30. The smallest absolute Gasteiger partial charge is 0.243 e. The van der Waals surface area contributed by atoms with Crippen LogP contribution in [-0.4, -0.2) is 24.5 Å². The molecule has 0 unspecified atom stereocenters. The maximum absolute atomic E-state index is 4.48. The van der Waals surface area contributed by atoms with Crippen LogP contribution in [0.4, 0.5) is 0 Å². The molecule has 5 aromatic rings. The van der Waals surface area contributed by atoms with Crippen molar-refractivity contribution in [3.63, 3.8) is 0 Å². The third-order valence-corrected chi connectivity index (χ3v) is 9.24. The van der Waals surface area contributed by atoms with Crippen LogP contribution >= 0.6 is 0 Å². The van der Waals surface area contributed by atoms with Gasteiger partial charge >= 0.3 is 0 Å². The second-order valence-corrected chi connectivity index (χ2v) is 11.9. The summed E-state index contributed by atoms with van der Waals surface area (Å²) >= 11 is 0. The monoisotopic (exact) mass is 534 g/mol. The van der Waals surface area contributed by atoms with E-state index in [4.69, 9.17) is 0 Å². The van der Waals surface area contributed by atoms with Crippen molar-refractivity contribution < 1.29 is 0 Å². The van der Waals surface area contributed by atoms with Crippen LogP contribution in [0, 0.1) is 62.3 Å². The molecule has 0 aliphatic carbocycles. The fourth-order valence-electron chi connectivity index (χ4n) is 7.38. The van der Waals surface area contributed by atoms with Gasteiger partial charge in [-0.3, -0.25) is 9.97 Å². The van der Waals surface area contributed by atoms with E-state index in [1.54, 1.807) is 0 Å². The van der Waals surface area contributed by atoms with Gasteiger partial charge in [0.15, 0.2) is 0 Å². The molecule has 0 spiro atoms. The van der Waals surface area contributed by atoms with Crippen LogP contribution in [-0.2, 0) is 0 Å². The van der Waals surface area contributed by atoms with Crippen LogP contribution in [0.15, 0.2) is 67.3 Å². The first-order valence-corrected chi connectivity index (χ1v) is 14.6. The molecule has 0 amide bonds. The van der Waals surface area contributed by atoms with Crippen molar-refractivity contribution in [2.45, 2.75) is 62.3 Å². The lowest BCUT2D eigenvalue weighted by molar-refractivity contribution is 1.29. The first-order valence-electron chi connectivity index (χ1n) is 14.6. The predicted molar refractivity (Wildman–Crippen MR) is 181 cm³/mol. The fourth-order valence-corrected chi connectivity index (χ4v) is 7.38. The van der Waals surface area contributed by atoms with E-state index in [0.717, 1.165) is 0 Å². The topological polar surface area (TPSA) is 25.8 Å². The highest BCUT2D eigenvalue weighted by molar-refractivity contribution is 6.97. The number of pyridine rings is 2. The van der Waals surface area contributed by atoms with Crippen LogP contribution in [0.5, 0.6) is 0 Å². The summed E-state index contributed by atoms with van der Waals surface area (Å²) < 4.78 is 0. The lowest BCUT2D eigenvalue weighted by atomic mass is 9.32. The summed E-state index contributed by atoms with van der Waals surface area (Å²) in [6, 6.07) is 15.6. The Morgan fingerprint density at radius 2 is 0.902 bits per heavy atom. The van der Waals surface area contributed by atoms with Gasteiger partial charge in [-0.25, -0.2) is 0 Å². The first kappa shape index (κ1) is 28.6. The number of aromatic nitrogens is 2. The van der Waals surface area contributed by atoms with Crippen molar-refractivity contribution in [3.05, 3.63) is 117 Å². The molecule has 4 heteroatoms. The lowest BCUT2D eigenvalue weighted by Gasteiger charge is -2.30. The summed E-state index contributed by atoms with van der Waals surface area (Å²) in [7, 11) is 2.27. The molecular formula is C37H40B2N2. The molecule has 5 rings (SSSR count). The van der Waals surface area contributed by atoms with Crippen molar-refractivity contribution in [3.8, 4) is 22.3 Å². The van der Waals surface area contributed by atoms with Gasteiger partial charge in [0, 0.05) is 35.9 Å². The summed E-state index contributed by atoms with van der Waals surface area (Å²) in [6.07, 6.45) is 7.71. The van der Waals surface area contributed by atoms with Gasteiger partial charge in [-0.1, -0.05) is 80.0 Å². The quantitative estimate of drug-likeness (QED) is 0.284. The first-order chi connectivity index (χ1) is 19.5. The zero-order chi connectivity index (χ0) is 29.6. The minimum absolute atomic E-state index is 0.0846. The second-order valence-electron chi connectivity index (χ2n) is 11.9. The minimum atomic E-state index is 0.0846. The average Bonchev–Trinajstić information content (AvgIpc) is 2.92. The molecule has 0 aliphatic rings. The summed E-state index contributed by atoms with van der Waals surface area (Å²) in [5, 5.41) is 0. The Hall–Kier alpha value is -3.91. The van der Waals surface area contributed by atoms with Gasteiger partial charge in [-0.05, 0) is 108 Å². The average molecular weight is 534 g/mol. The molecule has 2 nitrogen and oxygen atoms in total. The molecule has 3 aromatic carbocycles. The molecule has 0 radical (unpaired) electrons. The van der Waals surface area contributed by atoms with Crippen LogP contribution < -0.4 is 21.9 Å². The van der Waals surface area contributed by atoms with Crippen molar-refractivity contribution in [1.82, 2.24) is 9.97 Å². The maximum Gasteiger partial charge on any atom is 0.243 e. The molecule has 2 aromatic heterocycles. The van der Waals surface area contributed by atoms with E-state index < -0.39 is 0 Å². The summed E-state index contributed by atoms with van der Waals surface area (Å²) in [5.41, 5.74) is 22.5. The predicted octanol–water partition coefficient (Wildman–Crippen LogP) is 5.36. The second kappa shape index (κ2) is 11.2. The Balaban J connectivity index is 1.95. The molecule has 0 N–H and O–H groups in total. The summed E-state index contributed by atoms with van der Waals surface area (Å²) in [4.78, 5) is 8.97. The van der Waals surface area contributed by atoms with Crippen molar-refractivity contribution in [2.24, 2.45) is 0 Å². The van der Waals surface area contributed by atoms with Gasteiger partial charge in [-0.2, -0.15) is 0 Å². The van der Waals surface area contributed by atoms with E-state index in [-0.39, 0.29) is 6.71 Å². The van der Waals surface area contributed by atoms with Gasteiger partial charge in [0.25, 0.3) is 0 Å². The van der Waals surface area contributed by atoms with E-state index in [1.165, 1.54) is 94.2 Å². The van der Waals surface area contributed by atoms with Crippen LogP contribution in [0.1, 0.15) is 50.1 Å². The summed E-state index contributed by atoms with van der Waals surface area (Å²) in [5.74, 6) is 0. The Bertz CT molecular complexity index is 1670. The van der Waals surface area contributed by atoms with Crippen LogP contribution in [0.3, 0.4) is 0 Å². The number of nitrogens with zero attached hydrogens (tertiary/aromatic N) is 2. The number of hydrogen-bond donors (Lipinski definition) is 0. The Morgan fingerprint density at radius 1 is 0.512 bits per heavy atom.